The molecule has 138 valence electrons. The minimum absolute atomic E-state index is 0.359. The largest absolute Gasteiger partial charge is 0.463 e. The van der Waals surface area contributed by atoms with E-state index in [-0.39, 0.29) is 11.9 Å². The average Bonchev–Trinajstić information content (AvgIpc) is 3.17. The highest BCUT2D eigenvalue weighted by molar-refractivity contribution is 5.81. The van der Waals surface area contributed by atoms with Crippen LogP contribution in [-0.4, -0.2) is 25.2 Å². The van der Waals surface area contributed by atoms with Crippen LogP contribution in [0.3, 0.4) is 0 Å². The van der Waals surface area contributed by atoms with Gasteiger partial charge in [-0.3, -0.25) is 0 Å². The number of carbonyl (C=O) groups is 2. The third-order valence-corrected chi connectivity index (χ3v) is 4.92. The van der Waals surface area contributed by atoms with E-state index in [0.717, 1.165) is 35.8 Å². The number of ether oxygens (including phenoxy) is 2. The van der Waals surface area contributed by atoms with Crippen molar-refractivity contribution in [3.8, 4) is 0 Å². The maximum Gasteiger partial charge on any atom is 0.330 e. The van der Waals surface area contributed by atoms with E-state index in [2.05, 4.69) is 36.5 Å². The molecule has 0 radical (unpaired) electrons. The van der Waals surface area contributed by atoms with Gasteiger partial charge in [-0.05, 0) is 56.8 Å². The van der Waals surface area contributed by atoms with E-state index >= 15 is 0 Å². The smallest absolute Gasteiger partial charge is 0.330 e. The first kappa shape index (κ1) is 22.4. The van der Waals surface area contributed by atoms with E-state index in [1.807, 2.05) is 0 Å². The second-order valence-corrected chi connectivity index (χ2v) is 6.18. The van der Waals surface area contributed by atoms with Crippen LogP contribution in [0.5, 0.6) is 0 Å². The Balaban J connectivity index is 0.000000343. The highest BCUT2D eigenvalue weighted by atomic mass is 16.5. The molecule has 0 aromatic heterocycles. The Morgan fingerprint density at radius 1 is 0.958 bits per heavy atom. The second-order valence-electron chi connectivity index (χ2n) is 6.18. The first-order chi connectivity index (χ1) is 11.4. The predicted molar refractivity (Wildman–Crippen MR) is 97.4 cm³/mol. The lowest BCUT2D eigenvalue weighted by molar-refractivity contribution is -0.138. The van der Waals surface area contributed by atoms with Crippen LogP contribution in [0, 0.1) is 23.7 Å². The maximum atomic E-state index is 10.1. The molecule has 0 aromatic carbocycles. The first-order valence-corrected chi connectivity index (χ1v) is 9.03. The Hall–Kier alpha value is -1.58. The Morgan fingerprint density at radius 3 is 1.62 bits per heavy atom. The highest BCUT2D eigenvalue weighted by Gasteiger charge is 2.43. The molecule has 2 saturated carbocycles. The molecule has 4 unspecified atom stereocenters. The molecule has 2 fully saturated rings. The lowest BCUT2D eigenvalue weighted by Gasteiger charge is -2.26. The third-order valence-electron chi connectivity index (χ3n) is 4.92. The van der Waals surface area contributed by atoms with Gasteiger partial charge in [0.15, 0.2) is 0 Å². The van der Waals surface area contributed by atoms with Crippen LogP contribution >= 0.6 is 0 Å². The zero-order chi connectivity index (χ0) is 18.5. The zero-order valence-corrected chi connectivity index (χ0v) is 15.8. The van der Waals surface area contributed by atoms with Crippen LogP contribution in [0.15, 0.2) is 25.3 Å². The van der Waals surface area contributed by atoms with Crippen molar-refractivity contribution >= 4 is 11.9 Å². The van der Waals surface area contributed by atoms with E-state index in [4.69, 9.17) is 0 Å². The van der Waals surface area contributed by atoms with Gasteiger partial charge in [-0.15, -0.1) is 0 Å². The summed E-state index contributed by atoms with van der Waals surface area (Å²) in [5, 5.41) is 0. The molecular formula is C20H34O4. The van der Waals surface area contributed by atoms with Gasteiger partial charge < -0.3 is 9.47 Å². The monoisotopic (exact) mass is 338 g/mol. The van der Waals surface area contributed by atoms with E-state index < -0.39 is 0 Å². The molecule has 0 saturated heterocycles. The van der Waals surface area contributed by atoms with Gasteiger partial charge >= 0.3 is 11.9 Å². The fourth-order valence-corrected chi connectivity index (χ4v) is 3.81. The molecule has 0 aromatic rings. The minimum atomic E-state index is -0.359. The van der Waals surface area contributed by atoms with E-state index in [1.165, 1.54) is 6.42 Å². The maximum absolute atomic E-state index is 10.1. The van der Waals surface area contributed by atoms with Crippen LogP contribution in [0.1, 0.15) is 53.4 Å². The number of fused-ring (bicyclic) bond motifs is 2. The normalized spacial score (nSPS) is 26.2. The molecule has 0 spiro atoms. The van der Waals surface area contributed by atoms with Crippen LogP contribution < -0.4 is 0 Å². The van der Waals surface area contributed by atoms with E-state index in [1.54, 1.807) is 33.1 Å². The van der Waals surface area contributed by atoms with Crippen LogP contribution in [0.2, 0.25) is 0 Å². The second kappa shape index (κ2) is 12.8. The summed E-state index contributed by atoms with van der Waals surface area (Å²) < 4.78 is 8.87. The highest BCUT2D eigenvalue weighted by Crippen LogP contribution is 2.52. The Morgan fingerprint density at radius 2 is 1.42 bits per heavy atom. The number of hydrogen-bond acceptors (Lipinski definition) is 4. The van der Waals surface area contributed by atoms with Crippen molar-refractivity contribution < 1.29 is 19.1 Å². The molecule has 0 N–H and O–H groups in total. The quantitative estimate of drug-likeness (QED) is 0.545. The Kier molecular flexibility index (Phi) is 12.0. The number of rotatable bonds is 5. The van der Waals surface area contributed by atoms with Gasteiger partial charge in [-0.1, -0.05) is 33.4 Å². The van der Waals surface area contributed by atoms with E-state index in [0.29, 0.717) is 13.2 Å². The van der Waals surface area contributed by atoms with Crippen molar-refractivity contribution in [3.05, 3.63) is 25.3 Å². The number of esters is 2. The standard InChI is InChI=1S/C10H18.2C5H8O2/c1-3-10-7(2)8-4-5-9(10)6-8;2*1-3-5(6)7-4-2/h7-10H,3-6H2,1-2H3;2*3H,1,4H2,2H3. The molecule has 0 heterocycles. The summed E-state index contributed by atoms with van der Waals surface area (Å²) in [5.74, 6) is 3.69. The van der Waals surface area contributed by atoms with Crippen LogP contribution in [0.25, 0.3) is 0 Å². The summed E-state index contributed by atoms with van der Waals surface area (Å²) in [6.07, 6.45) is 8.38. The summed E-state index contributed by atoms with van der Waals surface area (Å²) in [5.41, 5.74) is 0. The van der Waals surface area contributed by atoms with Gasteiger partial charge in [0.1, 0.15) is 0 Å². The fourth-order valence-electron chi connectivity index (χ4n) is 3.81. The molecule has 0 amide bonds. The molecule has 0 aliphatic heterocycles. The third kappa shape index (κ3) is 7.80. The van der Waals surface area contributed by atoms with Gasteiger partial charge in [0.05, 0.1) is 13.2 Å². The number of hydrogen-bond donors (Lipinski definition) is 0. The molecule has 4 heteroatoms. The Labute approximate surface area is 147 Å². The molecule has 2 aliphatic rings. The van der Waals surface area contributed by atoms with Gasteiger partial charge in [-0.25, -0.2) is 9.59 Å². The SMILES string of the molecule is C=CC(=O)OCC.C=CC(=O)OCC.CCC1C2CCC(C2)C1C. The lowest BCUT2D eigenvalue weighted by Crippen LogP contribution is -2.18. The topological polar surface area (TPSA) is 52.6 Å². The van der Waals surface area contributed by atoms with Gasteiger partial charge in [0.2, 0.25) is 0 Å². The van der Waals surface area contributed by atoms with Crippen LogP contribution in [-0.2, 0) is 19.1 Å². The minimum Gasteiger partial charge on any atom is -0.463 e. The van der Waals surface area contributed by atoms with Gasteiger partial charge in [0, 0.05) is 12.2 Å². The van der Waals surface area contributed by atoms with E-state index in [9.17, 15) is 9.59 Å². The summed E-state index contributed by atoms with van der Waals surface area (Å²) in [7, 11) is 0. The van der Waals surface area contributed by atoms with Crippen molar-refractivity contribution in [2.24, 2.45) is 23.7 Å². The molecular weight excluding hydrogens is 304 g/mol. The predicted octanol–water partition coefficient (Wildman–Crippen LogP) is 4.55. The summed E-state index contributed by atoms with van der Waals surface area (Å²) in [6, 6.07) is 0. The molecule has 2 aliphatic carbocycles. The zero-order valence-electron chi connectivity index (χ0n) is 15.8. The van der Waals surface area contributed by atoms with Crippen molar-refractivity contribution in [1.82, 2.24) is 0 Å². The van der Waals surface area contributed by atoms with Crippen molar-refractivity contribution in [2.45, 2.75) is 53.4 Å². The van der Waals surface area contributed by atoms with Crippen molar-refractivity contribution in [3.63, 3.8) is 0 Å². The Bertz CT molecular complexity index is 378. The average molecular weight is 338 g/mol. The first-order valence-electron chi connectivity index (χ1n) is 9.03. The summed E-state index contributed by atoms with van der Waals surface area (Å²) >= 11 is 0. The molecule has 4 nitrogen and oxygen atoms in total. The van der Waals surface area contributed by atoms with Gasteiger partial charge in [-0.2, -0.15) is 0 Å². The van der Waals surface area contributed by atoms with Gasteiger partial charge in [0.25, 0.3) is 0 Å². The lowest BCUT2D eigenvalue weighted by atomic mass is 9.79. The number of carbonyl (C=O) groups excluding carboxylic acids is 2. The molecule has 2 rings (SSSR count). The van der Waals surface area contributed by atoms with Crippen molar-refractivity contribution in [2.75, 3.05) is 13.2 Å². The van der Waals surface area contributed by atoms with Crippen molar-refractivity contribution in [1.29, 1.82) is 0 Å². The van der Waals surface area contributed by atoms with Crippen LogP contribution in [0.4, 0.5) is 0 Å². The summed E-state index contributed by atoms with van der Waals surface area (Å²) in [6.45, 7) is 15.6. The molecule has 24 heavy (non-hydrogen) atoms. The summed E-state index contributed by atoms with van der Waals surface area (Å²) in [4.78, 5) is 20.1. The fraction of sp³-hybridized carbons (Fsp3) is 0.700. The molecule has 4 atom stereocenters. The molecule has 2 bridgehead atoms.